The SMILES string of the molecule is Cc1c(COc2ccc(F)cc2C=O)cccc1[N+](=O)[O-]. The van der Waals surface area contributed by atoms with Crippen LogP contribution in [-0.2, 0) is 6.61 Å². The highest BCUT2D eigenvalue weighted by Crippen LogP contribution is 2.24. The fraction of sp³-hybridized carbons (Fsp3) is 0.133. The van der Waals surface area contributed by atoms with Crippen molar-refractivity contribution in [1.82, 2.24) is 0 Å². The molecule has 2 rings (SSSR count). The molecule has 0 N–H and O–H groups in total. The minimum atomic E-state index is -0.532. The molecule has 0 heterocycles. The number of benzene rings is 2. The molecule has 0 amide bonds. The molecule has 5 nitrogen and oxygen atoms in total. The molecule has 0 aliphatic rings. The molecule has 21 heavy (non-hydrogen) atoms. The molecule has 0 atom stereocenters. The predicted molar refractivity (Wildman–Crippen MR) is 74.0 cm³/mol. The van der Waals surface area contributed by atoms with Crippen LogP contribution < -0.4 is 4.74 Å². The Morgan fingerprint density at radius 2 is 2.10 bits per heavy atom. The second-order valence-electron chi connectivity index (χ2n) is 4.41. The van der Waals surface area contributed by atoms with Gasteiger partial charge in [-0.1, -0.05) is 12.1 Å². The Morgan fingerprint density at radius 1 is 1.33 bits per heavy atom. The number of halogens is 1. The van der Waals surface area contributed by atoms with Crippen molar-refractivity contribution in [2.75, 3.05) is 0 Å². The lowest BCUT2D eigenvalue weighted by molar-refractivity contribution is -0.385. The van der Waals surface area contributed by atoms with E-state index in [1.807, 2.05) is 0 Å². The van der Waals surface area contributed by atoms with Gasteiger partial charge in [-0.3, -0.25) is 14.9 Å². The largest absolute Gasteiger partial charge is 0.488 e. The molecule has 0 saturated heterocycles. The van der Waals surface area contributed by atoms with Crippen molar-refractivity contribution in [3.05, 3.63) is 69.0 Å². The first kappa shape index (κ1) is 14.6. The molecule has 0 aliphatic heterocycles. The van der Waals surface area contributed by atoms with Gasteiger partial charge < -0.3 is 4.74 Å². The number of hydrogen-bond donors (Lipinski definition) is 0. The van der Waals surface area contributed by atoms with Crippen LogP contribution in [0.1, 0.15) is 21.5 Å². The van der Waals surface area contributed by atoms with Gasteiger partial charge in [0.1, 0.15) is 18.2 Å². The van der Waals surface area contributed by atoms with Gasteiger partial charge in [0.05, 0.1) is 10.5 Å². The summed E-state index contributed by atoms with van der Waals surface area (Å²) in [5.41, 5.74) is 1.23. The van der Waals surface area contributed by atoms with E-state index in [1.54, 1.807) is 19.1 Å². The summed E-state index contributed by atoms with van der Waals surface area (Å²) in [6.45, 7) is 1.68. The fourth-order valence-electron chi connectivity index (χ4n) is 1.92. The van der Waals surface area contributed by atoms with Crippen molar-refractivity contribution in [2.45, 2.75) is 13.5 Å². The van der Waals surface area contributed by atoms with Gasteiger partial charge in [0, 0.05) is 11.6 Å². The monoisotopic (exact) mass is 289 g/mol. The number of carbonyl (C=O) groups is 1. The molecule has 108 valence electrons. The number of rotatable bonds is 5. The van der Waals surface area contributed by atoms with Crippen LogP contribution in [0.4, 0.5) is 10.1 Å². The van der Waals surface area contributed by atoms with E-state index in [0.717, 1.165) is 6.07 Å². The summed E-state index contributed by atoms with van der Waals surface area (Å²) in [6.07, 6.45) is 0.499. The lowest BCUT2D eigenvalue weighted by atomic mass is 10.1. The minimum absolute atomic E-state index is 0.00539. The maximum absolute atomic E-state index is 13.0. The van der Waals surface area contributed by atoms with E-state index in [2.05, 4.69) is 0 Å². The molecule has 0 saturated carbocycles. The molecule has 2 aromatic rings. The summed E-state index contributed by atoms with van der Waals surface area (Å²) in [7, 11) is 0. The third-order valence-corrected chi connectivity index (χ3v) is 3.10. The summed E-state index contributed by atoms with van der Waals surface area (Å²) in [5.74, 6) is -0.298. The van der Waals surface area contributed by atoms with Gasteiger partial charge >= 0.3 is 0 Å². The maximum Gasteiger partial charge on any atom is 0.272 e. The van der Waals surface area contributed by atoms with Gasteiger partial charge in [-0.05, 0) is 30.7 Å². The zero-order chi connectivity index (χ0) is 15.4. The summed E-state index contributed by atoms with van der Waals surface area (Å²) in [6, 6.07) is 8.28. The third kappa shape index (κ3) is 3.22. The van der Waals surface area contributed by atoms with Gasteiger partial charge in [-0.15, -0.1) is 0 Å². The smallest absolute Gasteiger partial charge is 0.272 e. The lowest BCUT2D eigenvalue weighted by Gasteiger charge is -2.10. The van der Waals surface area contributed by atoms with Gasteiger partial charge in [-0.25, -0.2) is 4.39 Å². The molecule has 0 unspecified atom stereocenters. The molecule has 6 heteroatoms. The highest BCUT2D eigenvalue weighted by molar-refractivity contribution is 5.79. The highest BCUT2D eigenvalue weighted by atomic mass is 19.1. The summed E-state index contributed by atoms with van der Waals surface area (Å²) in [5, 5.41) is 10.9. The van der Waals surface area contributed by atoms with Crippen molar-refractivity contribution < 1.29 is 18.8 Å². The molecule has 0 spiro atoms. The average molecular weight is 289 g/mol. The Hall–Kier alpha value is -2.76. The molecular weight excluding hydrogens is 277 g/mol. The van der Waals surface area contributed by atoms with Crippen molar-refractivity contribution in [1.29, 1.82) is 0 Å². The van der Waals surface area contributed by atoms with Crippen LogP contribution in [-0.4, -0.2) is 11.2 Å². The standard InChI is InChI=1S/C15H12FNO4/c1-10-11(3-2-4-14(10)17(19)20)9-21-15-6-5-13(16)7-12(15)8-18/h2-8H,9H2,1H3. The molecule has 0 bridgehead atoms. The number of nitrogens with zero attached hydrogens (tertiary/aromatic N) is 1. The molecule has 0 fully saturated rings. The third-order valence-electron chi connectivity index (χ3n) is 3.10. The van der Waals surface area contributed by atoms with Crippen LogP contribution in [0.15, 0.2) is 36.4 Å². The quantitative estimate of drug-likeness (QED) is 0.480. The van der Waals surface area contributed by atoms with Crippen molar-refractivity contribution in [3.63, 3.8) is 0 Å². The second-order valence-corrected chi connectivity index (χ2v) is 4.41. The van der Waals surface area contributed by atoms with E-state index in [-0.39, 0.29) is 23.6 Å². The lowest BCUT2D eigenvalue weighted by Crippen LogP contribution is -2.02. The topological polar surface area (TPSA) is 69.4 Å². The Morgan fingerprint density at radius 3 is 2.76 bits per heavy atom. The van der Waals surface area contributed by atoms with Crippen LogP contribution in [0, 0.1) is 22.9 Å². The summed E-state index contributed by atoms with van der Waals surface area (Å²) >= 11 is 0. The Bertz CT molecular complexity index is 700. The minimum Gasteiger partial charge on any atom is -0.488 e. The van der Waals surface area contributed by atoms with Crippen LogP contribution >= 0.6 is 0 Å². The first-order chi connectivity index (χ1) is 10.0. The fourth-order valence-corrected chi connectivity index (χ4v) is 1.92. The summed E-state index contributed by atoms with van der Waals surface area (Å²) in [4.78, 5) is 21.3. The van der Waals surface area contributed by atoms with Crippen molar-refractivity contribution >= 4 is 12.0 Å². The van der Waals surface area contributed by atoms with Crippen LogP contribution in [0.25, 0.3) is 0 Å². The van der Waals surface area contributed by atoms with Crippen LogP contribution in [0.3, 0.4) is 0 Å². The first-order valence-electron chi connectivity index (χ1n) is 6.13. The molecule has 2 aromatic carbocycles. The molecular formula is C15H12FNO4. The molecule has 0 aliphatic carbocycles. The average Bonchev–Trinajstić information content (AvgIpc) is 2.46. The normalized spacial score (nSPS) is 10.2. The number of carbonyl (C=O) groups excluding carboxylic acids is 1. The summed E-state index contributed by atoms with van der Waals surface area (Å²) < 4.78 is 18.5. The first-order valence-corrected chi connectivity index (χ1v) is 6.13. The van der Waals surface area contributed by atoms with Gasteiger partial charge in [0.2, 0.25) is 0 Å². The van der Waals surface area contributed by atoms with Gasteiger partial charge in [0.25, 0.3) is 5.69 Å². The van der Waals surface area contributed by atoms with E-state index in [0.29, 0.717) is 17.4 Å². The Kier molecular flexibility index (Phi) is 4.27. The zero-order valence-corrected chi connectivity index (χ0v) is 11.2. The van der Waals surface area contributed by atoms with E-state index in [1.165, 1.54) is 18.2 Å². The number of hydrogen-bond acceptors (Lipinski definition) is 4. The van der Waals surface area contributed by atoms with Crippen LogP contribution in [0.5, 0.6) is 5.75 Å². The Labute approximate surface area is 120 Å². The van der Waals surface area contributed by atoms with E-state index < -0.39 is 10.7 Å². The maximum atomic E-state index is 13.0. The number of ether oxygens (including phenoxy) is 1. The van der Waals surface area contributed by atoms with Crippen LogP contribution in [0.2, 0.25) is 0 Å². The zero-order valence-electron chi connectivity index (χ0n) is 11.2. The van der Waals surface area contributed by atoms with Gasteiger partial charge in [-0.2, -0.15) is 0 Å². The van der Waals surface area contributed by atoms with E-state index in [4.69, 9.17) is 4.74 Å². The van der Waals surface area contributed by atoms with Crippen molar-refractivity contribution in [2.24, 2.45) is 0 Å². The van der Waals surface area contributed by atoms with E-state index in [9.17, 15) is 19.3 Å². The number of nitro benzene ring substituents is 1. The number of aldehydes is 1. The van der Waals surface area contributed by atoms with E-state index >= 15 is 0 Å². The highest BCUT2D eigenvalue weighted by Gasteiger charge is 2.14. The number of nitro groups is 1. The van der Waals surface area contributed by atoms with Gasteiger partial charge in [0.15, 0.2) is 6.29 Å². The Balaban J connectivity index is 2.23. The second kappa shape index (κ2) is 6.13. The molecule has 0 radical (unpaired) electrons. The molecule has 0 aromatic heterocycles. The van der Waals surface area contributed by atoms with Crippen molar-refractivity contribution in [3.8, 4) is 5.75 Å². The predicted octanol–water partition coefficient (Wildman–Crippen LogP) is 3.43.